The Morgan fingerprint density at radius 1 is 1.45 bits per heavy atom. The van der Waals surface area contributed by atoms with Gasteiger partial charge >= 0.3 is 0 Å². The van der Waals surface area contributed by atoms with E-state index in [1.54, 1.807) is 7.11 Å². The Labute approximate surface area is 129 Å². The van der Waals surface area contributed by atoms with Gasteiger partial charge in [0, 0.05) is 52.7 Å². The summed E-state index contributed by atoms with van der Waals surface area (Å²) in [6, 6.07) is 0. The predicted molar refractivity (Wildman–Crippen MR) is 80.4 cm³/mol. The van der Waals surface area contributed by atoms with Crippen LogP contribution >= 0.6 is 0 Å². The molecule has 7 heteroatoms. The first-order chi connectivity index (χ1) is 10.7. The molecule has 1 aromatic rings. The summed E-state index contributed by atoms with van der Waals surface area (Å²) in [4.78, 5) is 34.9. The largest absolute Gasteiger partial charge is 0.383 e. The second-order valence-corrected chi connectivity index (χ2v) is 6.04. The van der Waals surface area contributed by atoms with Gasteiger partial charge in [-0.3, -0.25) is 14.5 Å². The number of methoxy groups -OCH3 is 1. The molecule has 0 unspecified atom stereocenters. The number of likely N-dealkylation sites (tertiary alicyclic amines) is 1. The number of ether oxygens (including phenoxy) is 1. The van der Waals surface area contributed by atoms with E-state index in [1.807, 2.05) is 4.90 Å². The number of carbonyl (C=O) groups excluding carboxylic acids is 1. The summed E-state index contributed by atoms with van der Waals surface area (Å²) < 4.78 is 5.04. The number of H-pyrrole nitrogens is 1. The van der Waals surface area contributed by atoms with Crippen molar-refractivity contribution < 1.29 is 9.53 Å². The number of amides is 1. The van der Waals surface area contributed by atoms with Crippen molar-refractivity contribution in [3.05, 3.63) is 27.9 Å². The zero-order valence-electron chi connectivity index (χ0n) is 12.9. The fourth-order valence-electron chi connectivity index (χ4n) is 3.32. The summed E-state index contributed by atoms with van der Waals surface area (Å²) in [7, 11) is 1.65. The zero-order valence-corrected chi connectivity index (χ0v) is 12.9. The van der Waals surface area contributed by atoms with Crippen LogP contribution in [-0.4, -0.2) is 65.6 Å². The lowest BCUT2D eigenvalue weighted by Gasteiger charge is -2.29. The molecule has 1 saturated heterocycles. The van der Waals surface area contributed by atoms with E-state index >= 15 is 0 Å². The third-order valence-electron chi connectivity index (χ3n) is 4.46. The maximum atomic E-state index is 12.0. The van der Waals surface area contributed by atoms with Crippen molar-refractivity contribution >= 4 is 5.91 Å². The maximum Gasteiger partial charge on any atom is 0.255 e. The van der Waals surface area contributed by atoms with Crippen LogP contribution in [0, 0.1) is 5.92 Å². The molecule has 3 rings (SSSR count). The summed E-state index contributed by atoms with van der Waals surface area (Å²) in [5.41, 5.74) is 1.64. The third-order valence-corrected chi connectivity index (χ3v) is 4.46. The molecular weight excluding hydrogens is 284 g/mol. The number of fused-ring (bicyclic) bond motifs is 1. The number of aromatic amines is 1. The van der Waals surface area contributed by atoms with Crippen molar-refractivity contribution in [2.45, 2.75) is 19.4 Å². The average molecular weight is 306 g/mol. The minimum absolute atomic E-state index is 0.0427. The molecule has 22 heavy (non-hydrogen) atoms. The Bertz CT molecular complexity index is 601. The summed E-state index contributed by atoms with van der Waals surface area (Å²) in [6.07, 6.45) is 2.86. The second-order valence-electron chi connectivity index (χ2n) is 6.04. The molecule has 1 fully saturated rings. The van der Waals surface area contributed by atoms with E-state index in [4.69, 9.17) is 4.74 Å². The number of hydrogen-bond donors (Lipinski definition) is 1. The number of rotatable bonds is 5. The van der Waals surface area contributed by atoms with Gasteiger partial charge in [0.05, 0.1) is 24.2 Å². The topological polar surface area (TPSA) is 78.5 Å². The molecule has 0 radical (unpaired) electrons. The lowest BCUT2D eigenvalue weighted by Crippen LogP contribution is -2.38. The zero-order chi connectivity index (χ0) is 15.5. The van der Waals surface area contributed by atoms with E-state index in [0.29, 0.717) is 32.0 Å². The van der Waals surface area contributed by atoms with E-state index < -0.39 is 0 Å². The molecule has 7 nitrogen and oxygen atoms in total. The van der Waals surface area contributed by atoms with Crippen LogP contribution in [0.2, 0.25) is 0 Å². The van der Waals surface area contributed by atoms with Crippen molar-refractivity contribution in [1.82, 2.24) is 19.8 Å². The van der Waals surface area contributed by atoms with Gasteiger partial charge in [0.2, 0.25) is 5.91 Å². The van der Waals surface area contributed by atoms with E-state index in [1.165, 1.54) is 6.33 Å². The van der Waals surface area contributed by atoms with Crippen LogP contribution in [0.15, 0.2) is 11.1 Å². The molecule has 1 aromatic heterocycles. The van der Waals surface area contributed by atoms with Crippen LogP contribution < -0.4 is 5.56 Å². The van der Waals surface area contributed by atoms with Gasteiger partial charge in [0.25, 0.3) is 5.56 Å². The summed E-state index contributed by atoms with van der Waals surface area (Å²) >= 11 is 0. The average Bonchev–Trinajstić information content (AvgIpc) is 2.86. The van der Waals surface area contributed by atoms with Crippen molar-refractivity contribution in [2.24, 2.45) is 5.92 Å². The van der Waals surface area contributed by atoms with Crippen molar-refractivity contribution in [2.75, 3.05) is 39.9 Å². The van der Waals surface area contributed by atoms with Gasteiger partial charge in [0.15, 0.2) is 0 Å². The lowest BCUT2D eigenvalue weighted by atomic mass is 10.0. The first-order valence-electron chi connectivity index (χ1n) is 7.72. The summed E-state index contributed by atoms with van der Waals surface area (Å²) in [5, 5.41) is 0. The van der Waals surface area contributed by atoms with Gasteiger partial charge in [-0.05, 0) is 5.92 Å². The Hall–Kier alpha value is -1.73. The normalized spacial score (nSPS) is 22.1. The Morgan fingerprint density at radius 3 is 3.14 bits per heavy atom. The van der Waals surface area contributed by atoms with E-state index in [2.05, 4.69) is 14.9 Å². The number of nitrogens with one attached hydrogen (secondary N) is 1. The molecule has 0 aliphatic carbocycles. The molecule has 1 amide bonds. The molecule has 0 aromatic carbocycles. The molecule has 120 valence electrons. The van der Waals surface area contributed by atoms with E-state index in [0.717, 1.165) is 37.3 Å². The third kappa shape index (κ3) is 3.20. The molecule has 2 aliphatic rings. The SMILES string of the molecule is COCCN1C[C@H](CN2CCc3nc[nH]c(=O)c3C2)CC1=O. The standard InChI is InChI=1S/C15H22N4O3/c1-22-5-4-19-8-11(6-14(19)20)7-18-3-2-13-12(9-18)15(21)17-10-16-13/h10-11H,2-9H2,1H3,(H,16,17,21)/t11-/m0/s1. The monoisotopic (exact) mass is 306 g/mol. The van der Waals surface area contributed by atoms with Crippen molar-refractivity contribution in [3.63, 3.8) is 0 Å². The van der Waals surface area contributed by atoms with E-state index in [-0.39, 0.29) is 11.5 Å². The smallest absolute Gasteiger partial charge is 0.255 e. The number of aromatic nitrogens is 2. The predicted octanol–water partition coefficient (Wildman–Crippen LogP) is -0.377. The summed E-state index contributed by atoms with van der Waals surface area (Å²) in [6.45, 7) is 4.40. The molecule has 1 N–H and O–H groups in total. The minimum Gasteiger partial charge on any atom is -0.383 e. The Kier molecular flexibility index (Phi) is 4.54. The Balaban J connectivity index is 1.58. The molecule has 0 bridgehead atoms. The number of nitrogens with zero attached hydrogens (tertiary/aromatic N) is 3. The van der Waals surface area contributed by atoms with Gasteiger partial charge in [-0.2, -0.15) is 0 Å². The molecule has 0 spiro atoms. The van der Waals surface area contributed by atoms with Crippen molar-refractivity contribution in [1.29, 1.82) is 0 Å². The number of carbonyl (C=O) groups is 1. The molecule has 0 saturated carbocycles. The Morgan fingerprint density at radius 2 is 2.32 bits per heavy atom. The van der Waals surface area contributed by atoms with E-state index in [9.17, 15) is 9.59 Å². The van der Waals surface area contributed by atoms with Crippen LogP contribution in [0.5, 0.6) is 0 Å². The summed E-state index contributed by atoms with van der Waals surface area (Å²) in [5.74, 6) is 0.542. The fourth-order valence-corrected chi connectivity index (χ4v) is 3.32. The second kappa shape index (κ2) is 6.58. The van der Waals surface area contributed by atoms with Crippen LogP contribution in [0.4, 0.5) is 0 Å². The first-order valence-corrected chi connectivity index (χ1v) is 7.72. The quantitative estimate of drug-likeness (QED) is 0.802. The lowest BCUT2D eigenvalue weighted by molar-refractivity contribution is -0.128. The van der Waals surface area contributed by atoms with Crippen molar-refractivity contribution in [3.8, 4) is 0 Å². The van der Waals surface area contributed by atoms with Gasteiger partial charge in [-0.1, -0.05) is 0 Å². The highest BCUT2D eigenvalue weighted by molar-refractivity contribution is 5.78. The molecule has 1 atom stereocenters. The van der Waals surface area contributed by atoms with Crippen LogP contribution in [0.1, 0.15) is 17.7 Å². The van der Waals surface area contributed by atoms with Gasteiger partial charge in [-0.15, -0.1) is 0 Å². The molecule has 3 heterocycles. The number of hydrogen-bond acceptors (Lipinski definition) is 5. The van der Waals surface area contributed by atoms with Crippen LogP contribution in [0.25, 0.3) is 0 Å². The highest BCUT2D eigenvalue weighted by Gasteiger charge is 2.31. The minimum atomic E-state index is -0.0427. The fraction of sp³-hybridized carbons (Fsp3) is 0.667. The highest BCUT2D eigenvalue weighted by atomic mass is 16.5. The maximum absolute atomic E-state index is 12.0. The van der Waals surface area contributed by atoms with Gasteiger partial charge in [0.1, 0.15) is 0 Å². The highest BCUT2D eigenvalue weighted by Crippen LogP contribution is 2.21. The molecule has 2 aliphatic heterocycles. The van der Waals surface area contributed by atoms with Gasteiger partial charge < -0.3 is 14.6 Å². The van der Waals surface area contributed by atoms with Crippen LogP contribution in [-0.2, 0) is 22.5 Å². The molecular formula is C15H22N4O3. The van der Waals surface area contributed by atoms with Crippen LogP contribution in [0.3, 0.4) is 0 Å². The first kappa shape index (κ1) is 15.2. The van der Waals surface area contributed by atoms with Gasteiger partial charge in [-0.25, -0.2) is 4.98 Å².